The Morgan fingerprint density at radius 2 is 2.25 bits per heavy atom. The topological polar surface area (TPSA) is 47.7 Å². The van der Waals surface area contributed by atoms with Crippen LogP contribution < -0.4 is 5.32 Å². The highest BCUT2D eigenvalue weighted by atomic mass is 15.3. The Hall–Kier alpha value is -1.62. The average molecular weight is 219 g/mol. The van der Waals surface area contributed by atoms with Crippen molar-refractivity contribution in [2.75, 3.05) is 7.05 Å². The van der Waals surface area contributed by atoms with Gasteiger partial charge in [-0.1, -0.05) is 0 Å². The summed E-state index contributed by atoms with van der Waals surface area (Å²) < 4.78 is 4.02. The maximum Gasteiger partial charge on any atom is 0.0946 e. The fourth-order valence-corrected chi connectivity index (χ4v) is 1.95. The Balaban J connectivity index is 2.40. The molecule has 0 radical (unpaired) electrons. The molecule has 0 aliphatic heterocycles. The third kappa shape index (κ3) is 1.74. The molecule has 0 amide bonds. The van der Waals surface area contributed by atoms with Gasteiger partial charge in [0.05, 0.1) is 30.0 Å². The molecule has 0 aliphatic rings. The highest BCUT2D eigenvalue weighted by molar-refractivity contribution is 5.20. The lowest BCUT2D eigenvalue weighted by molar-refractivity contribution is 0.545. The molecule has 0 aliphatic carbocycles. The Morgan fingerprint density at radius 3 is 2.81 bits per heavy atom. The molecular formula is C11H17N5. The largest absolute Gasteiger partial charge is 0.336 e. The van der Waals surface area contributed by atoms with E-state index in [2.05, 4.69) is 22.3 Å². The van der Waals surface area contributed by atoms with Gasteiger partial charge in [-0.3, -0.25) is 4.68 Å². The van der Waals surface area contributed by atoms with Gasteiger partial charge in [0.15, 0.2) is 0 Å². The Bertz CT molecular complexity index is 456. The predicted octanol–water partition coefficient (Wildman–Crippen LogP) is 0.945. The van der Waals surface area contributed by atoms with Crippen LogP contribution in [0.15, 0.2) is 24.8 Å². The maximum absolute atomic E-state index is 4.29. The zero-order chi connectivity index (χ0) is 11.5. The first-order chi connectivity index (χ1) is 7.77. The number of aryl methyl sites for hydroxylation is 2. The molecule has 86 valence electrons. The maximum atomic E-state index is 4.29. The molecule has 1 atom stereocenters. The van der Waals surface area contributed by atoms with E-state index >= 15 is 0 Å². The van der Waals surface area contributed by atoms with Crippen molar-refractivity contribution in [3.05, 3.63) is 36.2 Å². The van der Waals surface area contributed by atoms with Crippen molar-refractivity contribution in [2.24, 2.45) is 7.05 Å². The molecule has 5 heteroatoms. The average Bonchev–Trinajstić information content (AvgIpc) is 2.90. The fraction of sp³-hybridized carbons (Fsp3) is 0.455. The number of hydrogen-bond acceptors (Lipinski definition) is 3. The molecule has 5 nitrogen and oxygen atoms in total. The molecule has 1 N–H and O–H groups in total. The summed E-state index contributed by atoms with van der Waals surface area (Å²) in [4.78, 5) is 4.15. The van der Waals surface area contributed by atoms with E-state index in [9.17, 15) is 0 Å². The SMILES string of the molecule is CCn1nccc1C(NC)c1cncn1C. The minimum Gasteiger partial charge on any atom is -0.336 e. The lowest BCUT2D eigenvalue weighted by atomic mass is 10.1. The molecule has 0 aromatic carbocycles. The van der Waals surface area contributed by atoms with Crippen molar-refractivity contribution < 1.29 is 0 Å². The number of nitrogens with zero attached hydrogens (tertiary/aromatic N) is 4. The summed E-state index contributed by atoms with van der Waals surface area (Å²) in [5, 5.41) is 7.59. The molecule has 2 aromatic rings. The van der Waals surface area contributed by atoms with Gasteiger partial charge in [0.2, 0.25) is 0 Å². The summed E-state index contributed by atoms with van der Waals surface area (Å²) in [7, 11) is 3.95. The second-order valence-corrected chi connectivity index (χ2v) is 3.72. The van der Waals surface area contributed by atoms with Gasteiger partial charge in [0.1, 0.15) is 0 Å². The van der Waals surface area contributed by atoms with Gasteiger partial charge >= 0.3 is 0 Å². The molecule has 16 heavy (non-hydrogen) atoms. The van der Waals surface area contributed by atoms with E-state index in [1.807, 2.05) is 48.1 Å². The molecule has 0 spiro atoms. The van der Waals surface area contributed by atoms with Crippen LogP contribution in [0.4, 0.5) is 0 Å². The van der Waals surface area contributed by atoms with Crippen LogP contribution >= 0.6 is 0 Å². The standard InChI is InChI=1S/C11H17N5/c1-4-16-9(5-6-14-16)11(12-2)10-7-13-8-15(10)3/h5-8,11-12H,4H2,1-3H3. The zero-order valence-corrected chi connectivity index (χ0v) is 9.88. The van der Waals surface area contributed by atoms with Crippen molar-refractivity contribution in [3.63, 3.8) is 0 Å². The summed E-state index contributed by atoms with van der Waals surface area (Å²) in [6, 6.07) is 2.17. The summed E-state index contributed by atoms with van der Waals surface area (Å²) in [6.07, 6.45) is 5.53. The van der Waals surface area contributed by atoms with Gasteiger partial charge in [-0.05, 0) is 20.0 Å². The number of aromatic nitrogens is 4. The van der Waals surface area contributed by atoms with Crippen LogP contribution in [0.1, 0.15) is 24.4 Å². The minimum atomic E-state index is 0.134. The lowest BCUT2D eigenvalue weighted by Crippen LogP contribution is -2.23. The van der Waals surface area contributed by atoms with E-state index in [4.69, 9.17) is 0 Å². The summed E-state index contributed by atoms with van der Waals surface area (Å²) in [5.74, 6) is 0. The lowest BCUT2D eigenvalue weighted by Gasteiger charge is -2.17. The zero-order valence-electron chi connectivity index (χ0n) is 9.88. The van der Waals surface area contributed by atoms with Crippen LogP contribution in [-0.4, -0.2) is 26.4 Å². The molecule has 0 fully saturated rings. The van der Waals surface area contributed by atoms with Crippen LogP contribution in [0, 0.1) is 0 Å². The summed E-state index contributed by atoms with van der Waals surface area (Å²) >= 11 is 0. The molecule has 0 saturated carbocycles. The third-order valence-electron chi connectivity index (χ3n) is 2.78. The normalized spacial score (nSPS) is 12.9. The van der Waals surface area contributed by atoms with Crippen LogP contribution in [0.25, 0.3) is 0 Å². The highest BCUT2D eigenvalue weighted by Crippen LogP contribution is 2.20. The molecule has 2 aromatic heterocycles. The Kier molecular flexibility index (Phi) is 3.05. The van der Waals surface area contributed by atoms with Crippen molar-refractivity contribution in [3.8, 4) is 0 Å². The quantitative estimate of drug-likeness (QED) is 0.832. The fourth-order valence-electron chi connectivity index (χ4n) is 1.95. The van der Waals surface area contributed by atoms with E-state index in [-0.39, 0.29) is 6.04 Å². The van der Waals surface area contributed by atoms with Gasteiger partial charge in [0.25, 0.3) is 0 Å². The number of nitrogens with one attached hydrogen (secondary N) is 1. The molecular weight excluding hydrogens is 202 g/mol. The van der Waals surface area contributed by atoms with Gasteiger partial charge in [-0.2, -0.15) is 5.10 Å². The van der Waals surface area contributed by atoms with Crippen LogP contribution in [0.5, 0.6) is 0 Å². The molecule has 0 bridgehead atoms. The summed E-state index contributed by atoms with van der Waals surface area (Å²) in [6.45, 7) is 2.96. The van der Waals surface area contributed by atoms with Crippen molar-refractivity contribution in [1.29, 1.82) is 0 Å². The van der Waals surface area contributed by atoms with E-state index in [1.54, 1.807) is 0 Å². The first-order valence-electron chi connectivity index (χ1n) is 5.43. The smallest absolute Gasteiger partial charge is 0.0946 e. The first-order valence-corrected chi connectivity index (χ1v) is 5.43. The Morgan fingerprint density at radius 1 is 1.44 bits per heavy atom. The molecule has 0 saturated heterocycles. The second kappa shape index (κ2) is 4.49. The highest BCUT2D eigenvalue weighted by Gasteiger charge is 2.18. The Labute approximate surface area is 95.1 Å². The van der Waals surface area contributed by atoms with Crippen molar-refractivity contribution in [1.82, 2.24) is 24.6 Å². The second-order valence-electron chi connectivity index (χ2n) is 3.72. The van der Waals surface area contributed by atoms with Gasteiger partial charge < -0.3 is 9.88 Å². The number of rotatable bonds is 4. The van der Waals surface area contributed by atoms with Crippen molar-refractivity contribution >= 4 is 0 Å². The van der Waals surface area contributed by atoms with Crippen LogP contribution in [-0.2, 0) is 13.6 Å². The van der Waals surface area contributed by atoms with Gasteiger partial charge in [-0.25, -0.2) is 4.98 Å². The van der Waals surface area contributed by atoms with Crippen molar-refractivity contribution in [2.45, 2.75) is 19.5 Å². The van der Waals surface area contributed by atoms with E-state index < -0.39 is 0 Å². The predicted molar refractivity (Wildman–Crippen MR) is 62.0 cm³/mol. The van der Waals surface area contributed by atoms with Crippen LogP contribution in [0.2, 0.25) is 0 Å². The van der Waals surface area contributed by atoms with Crippen LogP contribution in [0.3, 0.4) is 0 Å². The monoisotopic (exact) mass is 219 g/mol. The van der Waals surface area contributed by atoms with Gasteiger partial charge in [0, 0.05) is 19.8 Å². The molecule has 2 rings (SSSR count). The first kappa shape index (κ1) is 10.9. The molecule has 1 unspecified atom stereocenters. The third-order valence-corrected chi connectivity index (χ3v) is 2.78. The van der Waals surface area contributed by atoms with E-state index in [0.717, 1.165) is 17.9 Å². The van der Waals surface area contributed by atoms with E-state index in [0.29, 0.717) is 0 Å². The van der Waals surface area contributed by atoms with Gasteiger partial charge in [-0.15, -0.1) is 0 Å². The summed E-state index contributed by atoms with van der Waals surface area (Å²) in [5.41, 5.74) is 2.30. The van der Waals surface area contributed by atoms with E-state index in [1.165, 1.54) is 0 Å². The minimum absolute atomic E-state index is 0.134. The molecule has 2 heterocycles. The number of imidazole rings is 1. The number of hydrogen-bond donors (Lipinski definition) is 1.